The first-order valence-corrected chi connectivity index (χ1v) is 9.79. The molecule has 0 amide bonds. The lowest BCUT2D eigenvalue weighted by Gasteiger charge is -2.06. The molecule has 0 bridgehead atoms. The highest BCUT2D eigenvalue weighted by molar-refractivity contribution is 9.10. The summed E-state index contributed by atoms with van der Waals surface area (Å²) in [4.78, 5) is 0.186. The summed E-state index contributed by atoms with van der Waals surface area (Å²) < 4.78 is 26.9. The maximum Gasteiger partial charge on any atom is 0.183 e. The van der Waals surface area contributed by atoms with Gasteiger partial charge >= 0.3 is 0 Å². The van der Waals surface area contributed by atoms with Gasteiger partial charge in [0.05, 0.1) is 22.8 Å². The van der Waals surface area contributed by atoms with Gasteiger partial charge < -0.3 is 5.11 Å². The SMILES string of the molecule is Cc1ccc(S(=O)(=O)[C@H]2[C@H](c3ccc(Br)cc3)[C@@]2(C#N)CO)cc1. The molecule has 1 N–H and O–H groups in total. The van der Waals surface area contributed by atoms with E-state index < -0.39 is 33.0 Å². The molecule has 0 heterocycles. The third-order valence-electron chi connectivity index (χ3n) is 4.64. The molecule has 0 unspecified atom stereocenters. The van der Waals surface area contributed by atoms with Gasteiger partial charge in [-0.15, -0.1) is 0 Å². The van der Waals surface area contributed by atoms with E-state index in [0.29, 0.717) is 0 Å². The van der Waals surface area contributed by atoms with Crippen LogP contribution in [0.25, 0.3) is 0 Å². The van der Waals surface area contributed by atoms with Crippen LogP contribution in [-0.4, -0.2) is 25.4 Å². The second kappa shape index (κ2) is 5.99. The molecular formula is C18H16BrNO3S. The van der Waals surface area contributed by atoms with Crippen LogP contribution in [0, 0.1) is 23.7 Å². The van der Waals surface area contributed by atoms with Crippen LogP contribution in [0.2, 0.25) is 0 Å². The van der Waals surface area contributed by atoms with Gasteiger partial charge in [-0.05, 0) is 36.8 Å². The Kier molecular flexibility index (Phi) is 4.28. The van der Waals surface area contributed by atoms with Crippen LogP contribution in [-0.2, 0) is 9.84 Å². The molecule has 0 radical (unpaired) electrons. The monoisotopic (exact) mass is 405 g/mol. The Morgan fingerprint density at radius 2 is 1.75 bits per heavy atom. The van der Waals surface area contributed by atoms with E-state index in [1.54, 1.807) is 36.4 Å². The van der Waals surface area contributed by atoms with Crippen molar-refractivity contribution in [1.82, 2.24) is 0 Å². The van der Waals surface area contributed by atoms with Gasteiger partial charge in [-0.25, -0.2) is 8.42 Å². The van der Waals surface area contributed by atoms with Crippen LogP contribution >= 0.6 is 15.9 Å². The van der Waals surface area contributed by atoms with E-state index in [1.807, 2.05) is 19.1 Å². The van der Waals surface area contributed by atoms with Crippen molar-refractivity contribution in [3.8, 4) is 6.07 Å². The molecule has 2 aromatic carbocycles. The summed E-state index contributed by atoms with van der Waals surface area (Å²) in [7, 11) is -3.72. The molecule has 1 aliphatic rings. The second-order valence-electron chi connectivity index (χ2n) is 6.12. The molecule has 2 aromatic rings. The fraction of sp³-hybridized carbons (Fsp3) is 0.278. The molecule has 6 heteroatoms. The molecule has 1 aliphatic carbocycles. The molecule has 0 aromatic heterocycles. The van der Waals surface area contributed by atoms with Crippen molar-refractivity contribution < 1.29 is 13.5 Å². The lowest BCUT2D eigenvalue weighted by molar-refractivity contribution is 0.242. The molecule has 0 saturated heterocycles. The molecule has 0 aliphatic heterocycles. The van der Waals surface area contributed by atoms with Crippen LogP contribution in [0.1, 0.15) is 17.0 Å². The molecule has 1 fully saturated rings. The smallest absolute Gasteiger partial charge is 0.183 e. The minimum atomic E-state index is -3.72. The van der Waals surface area contributed by atoms with Gasteiger partial charge in [0.25, 0.3) is 0 Å². The van der Waals surface area contributed by atoms with Crippen molar-refractivity contribution in [2.45, 2.75) is 23.0 Å². The molecule has 1 saturated carbocycles. The number of aliphatic hydroxyl groups is 1. The fourth-order valence-electron chi connectivity index (χ4n) is 3.23. The van der Waals surface area contributed by atoms with Crippen molar-refractivity contribution in [2.75, 3.05) is 6.61 Å². The van der Waals surface area contributed by atoms with Gasteiger partial charge in [0.15, 0.2) is 9.84 Å². The van der Waals surface area contributed by atoms with Crippen LogP contribution in [0.3, 0.4) is 0 Å². The first kappa shape index (κ1) is 17.2. The van der Waals surface area contributed by atoms with Crippen LogP contribution < -0.4 is 0 Å². The number of hydrogen-bond acceptors (Lipinski definition) is 4. The largest absolute Gasteiger partial charge is 0.395 e. The van der Waals surface area contributed by atoms with E-state index in [9.17, 15) is 18.8 Å². The van der Waals surface area contributed by atoms with Crippen LogP contribution in [0.15, 0.2) is 57.9 Å². The Labute approximate surface area is 149 Å². The topological polar surface area (TPSA) is 78.2 Å². The second-order valence-corrected chi connectivity index (χ2v) is 9.10. The average molecular weight is 406 g/mol. The molecule has 3 atom stereocenters. The van der Waals surface area contributed by atoms with Gasteiger partial charge in [-0.1, -0.05) is 45.8 Å². The summed E-state index contributed by atoms with van der Waals surface area (Å²) in [6.07, 6.45) is 0. The van der Waals surface area contributed by atoms with E-state index >= 15 is 0 Å². The molecule has 4 nitrogen and oxygen atoms in total. The van der Waals surface area contributed by atoms with Crippen LogP contribution in [0.5, 0.6) is 0 Å². The number of aliphatic hydroxyl groups excluding tert-OH is 1. The quantitative estimate of drug-likeness (QED) is 0.846. The van der Waals surface area contributed by atoms with E-state index in [1.165, 1.54) is 0 Å². The normalized spacial score (nSPS) is 25.9. The number of rotatable bonds is 4. The summed E-state index contributed by atoms with van der Waals surface area (Å²) in [6, 6.07) is 15.8. The summed E-state index contributed by atoms with van der Waals surface area (Å²) in [5.41, 5.74) is 0.412. The van der Waals surface area contributed by atoms with E-state index in [2.05, 4.69) is 22.0 Å². The summed E-state index contributed by atoms with van der Waals surface area (Å²) in [5.74, 6) is -0.535. The van der Waals surface area contributed by atoms with Crippen molar-refractivity contribution >= 4 is 25.8 Å². The van der Waals surface area contributed by atoms with Gasteiger partial charge in [0, 0.05) is 10.4 Å². The molecule has 24 heavy (non-hydrogen) atoms. The number of aryl methyl sites for hydroxylation is 1. The van der Waals surface area contributed by atoms with Gasteiger partial charge in [-0.3, -0.25) is 0 Å². The highest BCUT2D eigenvalue weighted by Crippen LogP contribution is 2.63. The predicted molar refractivity (Wildman–Crippen MR) is 94.2 cm³/mol. The maximum absolute atomic E-state index is 13.0. The highest BCUT2D eigenvalue weighted by Gasteiger charge is 2.72. The van der Waals surface area contributed by atoms with Crippen molar-refractivity contribution in [3.63, 3.8) is 0 Å². The van der Waals surface area contributed by atoms with Gasteiger partial charge in [-0.2, -0.15) is 5.26 Å². The zero-order chi connectivity index (χ0) is 17.5. The first-order chi connectivity index (χ1) is 11.4. The third-order valence-corrected chi connectivity index (χ3v) is 7.46. The Hall–Kier alpha value is -1.68. The molecule has 3 rings (SSSR count). The van der Waals surface area contributed by atoms with E-state index in [-0.39, 0.29) is 4.90 Å². The molecular weight excluding hydrogens is 390 g/mol. The fourth-order valence-corrected chi connectivity index (χ4v) is 5.81. The molecule has 124 valence electrons. The lowest BCUT2D eigenvalue weighted by atomic mass is 10.0. The van der Waals surface area contributed by atoms with Crippen molar-refractivity contribution in [3.05, 3.63) is 64.1 Å². The number of sulfone groups is 1. The van der Waals surface area contributed by atoms with Crippen molar-refractivity contribution in [2.24, 2.45) is 5.41 Å². The van der Waals surface area contributed by atoms with Crippen molar-refractivity contribution in [1.29, 1.82) is 5.26 Å². The van der Waals surface area contributed by atoms with E-state index in [4.69, 9.17) is 0 Å². The standard InChI is InChI=1S/C18H16BrNO3S/c1-12-2-8-15(9-3-12)24(22,23)17-16(18(17,10-20)11-21)13-4-6-14(19)7-5-13/h2-9,16-17,21H,11H2,1H3/t16-,17-,18+/m0/s1. The Morgan fingerprint density at radius 3 is 2.25 bits per heavy atom. The summed E-state index contributed by atoms with van der Waals surface area (Å²) >= 11 is 3.34. The maximum atomic E-state index is 13.0. The minimum Gasteiger partial charge on any atom is -0.395 e. The van der Waals surface area contributed by atoms with Gasteiger partial charge in [0.2, 0.25) is 0 Å². The summed E-state index contributed by atoms with van der Waals surface area (Å²) in [5, 5.41) is 18.4. The zero-order valence-electron chi connectivity index (χ0n) is 13.0. The predicted octanol–water partition coefficient (Wildman–Crippen LogP) is 3.20. The Bertz CT molecular complexity index is 901. The summed E-state index contributed by atoms with van der Waals surface area (Å²) in [6.45, 7) is 1.39. The Balaban J connectivity index is 2.06. The third kappa shape index (κ3) is 2.57. The number of benzene rings is 2. The first-order valence-electron chi connectivity index (χ1n) is 7.45. The average Bonchev–Trinajstić information content (AvgIpc) is 3.26. The number of hydrogen-bond donors (Lipinski definition) is 1. The molecule has 0 spiro atoms. The zero-order valence-corrected chi connectivity index (χ0v) is 15.4. The Morgan fingerprint density at radius 1 is 1.17 bits per heavy atom. The van der Waals surface area contributed by atoms with E-state index in [0.717, 1.165) is 15.6 Å². The minimum absolute atomic E-state index is 0.186. The number of halogens is 1. The van der Waals surface area contributed by atoms with Gasteiger partial charge in [0.1, 0.15) is 5.41 Å². The number of nitrogens with zero attached hydrogens (tertiary/aromatic N) is 1. The van der Waals surface area contributed by atoms with Crippen LogP contribution in [0.4, 0.5) is 0 Å². The highest BCUT2D eigenvalue weighted by atomic mass is 79.9. The lowest BCUT2D eigenvalue weighted by Crippen LogP contribution is -2.18. The number of nitriles is 1.